The quantitative estimate of drug-likeness (QED) is 0.577. The van der Waals surface area contributed by atoms with Crippen LogP contribution in [0.3, 0.4) is 0 Å². The molecule has 0 aliphatic rings. The third-order valence-corrected chi connectivity index (χ3v) is 3.99. The highest BCUT2D eigenvalue weighted by atomic mass is 16.4. The minimum atomic E-state index is -0.464. The van der Waals surface area contributed by atoms with Gasteiger partial charge in [0.2, 0.25) is 5.91 Å². The summed E-state index contributed by atoms with van der Waals surface area (Å²) in [5, 5.41) is 8.07. The molecule has 3 aromatic heterocycles. The molecule has 1 aromatic carbocycles. The Labute approximate surface area is 141 Å². The third kappa shape index (κ3) is 2.80. The van der Waals surface area contributed by atoms with E-state index in [1.165, 1.54) is 10.9 Å². The van der Waals surface area contributed by atoms with Gasteiger partial charge in [-0.3, -0.25) is 9.48 Å². The van der Waals surface area contributed by atoms with Crippen LogP contribution in [0.25, 0.3) is 21.9 Å². The first-order chi connectivity index (χ1) is 12.1. The molecule has 0 aliphatic carbocycles. The van der Waals surface area contributed by atoms with Crippen molar-refractivity contribution in [1.82, 2.24) is 15.1 Å². The summed E-state index contributed by atoms with van der Waals surface area (Å²) in [4.78, 5) is 24.3. The zero-order valence-corrected chi connectivity index (χ0v) is 13.5. The van der Waals surface area contributed by atoms with Gasteiger partial charge in [-0.05, 0) is 31.2 Å². The van der Waals surface area contributed by atoms with Crippen LogP contribution < -0.4 is 10.9 Å². The van der Waals surface area contributed by atoms with Crippen molar-refractivity contribution < 1.29 is 13.6 Å². The third-order valence-electron chi connectivity index (χ3n) is 3.99. The molecule has 0 atom stereocenters. The van der Waals surface area contributed by atoms with Crippen LogP contribution in [-0.2, 0) is 17.9 Å². The second kappa shape index (κ2) is 5.94. The van der Waals surface area contributed by atoms with Gasteiger partial charge in [0, 0.05) is 5.39 Å². The maximum Gasteiger partial charge on any atom is 0.347 e. The van der Waals surface area contributed by atoms with Crippen molar-refractivity contribution in [3.63, 3.8) is 0 Å². The van der Waals surface area contributed by atoms with Gasteiger partial charge in [-0.1, -0.05) is 11.6 Å². The summed E-state index contributed by atoms with van der Waals surface area (Å²) in [7, 11) is 0. The Morgan fingerprint density at radius 3 is 2.96 bits per heavy atom. The monoisotopic (exact) mass is 337 g/mol. The minimum absolute atomic E-state index is 0.00327. The first kappa shape index (κ1) is 15.2. The number of aryl methyl sites for hydroxylation is 1. The van der Waals surface area contributed by atoms with Crippen molar-refractivity contribution >= 4 is 27.8 Å². The molecule has 7 nitrogen and oxygen atoms in total. The molecule has 0 radical (unpaired) electrons. The first-order valence-electron chi connectivity index (χ1n) is 7.80. The number of carbonyl (C=O) groups excluding carboxylic acids is 1. The van der Waals surface area contributed by atoms with E-state index in [2.05, 4.69) is 10.4 Å². The molecule has 0 bridgehead atoms. The van der Waals surface area contributed by atoms with E-state index in [0.29, 0.717) is 28.8 Å². The summed E-state index contributed by atoms with van der Waals surface area (Å²) in [6, 6.07) is 9.08. The van der Waals surface area contributed by atoms with E-state index in [1.54, 1.807) is 24.5 Å². The van der Waals surface area contributed by atoms with E-state index in [9.17, 15) is 9.59 Å². The number of fused-ring (bicyclic) bond motifs is 3. The molecular formula is C18H15N3O4. The smallest absolute Gasteiger partial charge is 0.347 e. The fourth-order valence-electron chi connectivity index (χ4n) is 2.80. The molecule has 25 heavy (non-hydrogen) atoms. The fraction of sp³-hybridized carbons (Fsp3) is 0.167. The number of benzene rings is 1. The summed E-state index contributed by atoms with van der Waals surface area (Å²) >= 11 is 0. The molecule has 0 unspecified atom stereocenters. The van der Waals surface area contributed by atoms with Crippen LogP contribution in [0.15, 0.2) is 56.4 Å². The second-order valence-corrected chi connectivity index (χ2v) is 5.81. The lowest BCUT2D eigenvalue weighted by atomic mass is 10.1. The standard InChI is InChI=1S/C18H15N3O4/c1-11-4-5-15-13(7-11)17-14(18(23)25-15)9-20-21(17)10-16(22)19-8-12-3-2-6-24-12/h2-7,9H,8,10H2,1H3,(H,19,22). The minimum Gasteiger partial charge on any atom is -0.467 e. The normalized spacial score (nSPS) is 11.2. The molecule has 0 spiro atoms. The lowest BCUT2D eigenvalue weighted by molar-refractivity contribution is -0.122. The van der Waals surface area contributed by atoms with Gasteiger partial charge in [-0.2, -0.15) is 5.10 Å². The molecule has 3 heterocycles. The number of nitrogens with zero attached hydrogens (tertiary/aromatic N) is 2. The van der Waals surface area contributed by atoms with Crippen LogP contribution in [0.1, 0.15) is 11.3 Å². The highest BCUT2D eigenvalue weighted by Gasteiger charge is 2.15. The predicted molar refractivity (Wildman–Crippen MR) is 91.1 cm³/mol. The van der Waals surface area contributed by atoms with Crippen molar-refractivity contribution in [3.05, 3.63) is 64.5 Å². The Morgan fingerprint density at radius 1 is 1.28 bits per heavy atom. The molecule has 0 saturated carbocycles. The van der Waals surface area contributed by atoms with Gasteiger partial charge in [-0.15, -0.1) is 0 Å². The molecule has 126 valence electrons. The lowest BCUT2D eigenvalue weighted by Crippen LogP contribution is -2.27. The highest BCUT2D eigenvalue weighted by Crippen LogP contribution is 2.23. The number of aromatic nitrogens is 2. The summed E-state index contributed by atoms with van der Waals surface area (Å²) in [6.07, 6.45) is 2.99. The van der Waals surface area contributed by atoms with E-state index in [4.69, 9.17) is 8.83 Å². The van der Waals surface area contributed by atoms with Gasteiger partial charge in [0.15, 0.2) is 0 Å². The first-order valence-corrected chi connectivity index (χ1v) is 7.80. The van der Waals surface area contributed by atoms with Gasteiger partial charge >= 0.3 is 5.63 Å². The van der Waals surface area contributed by atoms with Crippen molar-refractivity contribution in [2.45, 2.75) is 20.0 Å². The van der Waals surface area contributed by atoms with E-state index in [-0.39, 0.29) is 12.5 Å². The predicted octanol–water partition coefficient (Wildman–Crippen LogP) is 2.36. The second-order valence-electron chi connectivity index (χ2n) is 5.81. The molecule has 4 aromatic rings. The van der Waals surface area contributed by atoms with Gasteiger partial charge in [0.05, 0.1) is 24.5 Å². The van der Waals surface area contributed by atoms with Crippen LogP contribution in [-0.4, -0.2) is 15.7 Å². The molecule has 0 aliphatic heterocycles. The molecule has 0 saturated heterocycles. The zero-order valence-electron chi connectivity index (χ0n) is 13.5. The number of hydrogen-bond acceptors (Lipinski definition) is 5. The number of furan rings is 1. The summed E-state index contributed by atoms with van der Waals surface area (Å²) in [5.74, 6) is 0.441. The van der Waals surface area contributed by atoms with Gasteiger partial charge in [0.25, 0.3) is 0 Å². The van der Waals surface area contributed by atoms with E-state index in [0.717, 1.165) is 10.9 Å². The van der Waals surface area contributed by atoms with Crippen LogP contribution in [0.5, 0.6) is 0 Å². The average molecular weight is 337 g/mol. The zero-order chi connectivity index (χ0) is 17.4. The summed E-state index contributed by atoms with van der Waals surface area (Å²) in [6.45, 7) is 2.25. The van der Waals surface area contributed by atoms with Gasteiger partial charge in [-0.25, -0.2) is 4.79 Å². The number of carbonyl (C=O) groups is 1. The van der Waals surface area contributed by atoms with Crippen LogP contribution in [0.4, 0.5) is 0 Å². The van der Waals surface area contributed by atoms with Gasteiger partial charge < -0.3 is 14.2 Å². The van der Waals surface area contributed by atoms with E-state index >= 15 is 0 Å². The Morgan fingerprint density at radius 2 is 2.16 bits per heavy atom. The van der Waals surface area contributed by atoms with Crippen molar-refractivity contribution in [3.8, 4) is 0 Å². The Kier molecular flexibility index (Phi) is 3.61. The van der Waals surface area contributed by atoms with Crippen molar-refractivity contribution in [2.24, 2.45) is 0 Å². The highest BCUT2D eigenvalue weighted by molar-refractivity contribution is 6.02. The van der Waals surface area contributed by atoms with Crippen molar-refractivity contribution in [2.75, 3.05) is 0 Å². The molecular weight excluding hydrogens is 322 g/mol. The van der Waals surface area contributed by atoms with Gasteiger partial charge in [0.1, 0.15) is 23.3 Å². The summed E-state index contributed by atoms with van der Waals surface area (Å²) < 4.78 is 12.0. The fourth-order valence-corrected chi connectivity index (χ4v) is 2.80. The molecule has 1 N–H and O–H groups in total. The molecule has 4 rings (SSSR count). The maximum absolute atomic E-state index is 12.2. The summed E-state index contributed by atoms with van der Waals surface area (Å²) in [5.41, 5.74) is 1.63. The van der Waals surface area contributed by atoms with E-state index < -0.39 is 5.63 Å². The lowest BCUT2D eigenvalue weighted by Gasteiger charge is -2.07. The van der Waals surface area contributed by atoms with E-state index in [1.807, 2.05) is 19.1 Å². The van der Waals surface area contributed by atoms with Crippen LogP contribution in [0, 0.1) is 6.92 Å². The molecule has 0 fully saturated rings. The average Bonchev–Trinajstić information content (AvgIpc) is 3.24. The Hall–Kier alpha value is -3.35. The topological polar surface area (TPSA) is 90.3 Å². The molecule has 1 amide bonds. The Bertz CT molecular complexity index is 1120. The Balaban J connectivity index is 1.70. The number of hydrogen-bond donors (Lipinski definition) is 1. The van der Waals surface area contributed by atoms with Crippen LogP contribution in [0.2, 0.25) is 0 Å². The van der Waals surface area contributed by atoms with Crippen molar-refractivity contribution in [1.29, 1.82) is 0 Å². The number of nitrogens with one attached hydrogen (secondary N) is 1. The maximum atomic E-state index is 12.2. The SMILES string of the molecule is Cc1ccc2oc(=O)c3cnn(CC(=O)NCc4ccco4)c3c2c1. The largest absolute Gasteiger partial charge is 0.467 e. The molecule has 7 heteroatoms. The van der Waals surface area contributed by atoms with Crippen LogP contribution >= 0.6 is 0 Å². The number of rotatable bonds is 4. The number of amides is 1.